The van der Waals surface area contributed by atoms with Gasteiger partial charge in [-0.15, -0.1) is 5.10 Å². The Kier molecular flexibility index (Phi) is 6.31. The second kappa shape index (κ2) is 8.23. The molecule has 0 spiro atoms. The van der Waals surface area contributed by atoms with Crippen LogP contribution in [0, 0.1) is 11.3 Å². The number of nitrogens with zero attached hydrogens (tertiary/aromatic N) is 3. The highest BCUT2D eigenvalue weighted by Crippen LogP contribution is 2.30. The molecule has 30 heavy (non-hydrogen) atoms. The van der Waals surface area contributed by atoms with Crippen LogP contribution in [-0.4, -0.2) is 42.5 Å². The number of alkyl halides is 3. The number of nitrogens with one attached hydrogen (secondary N) is 1. The van der Waals surface area contributed by atoms with Crippen molar-refractivity contribution in [3.05, 3.63) is 41.6 Å². The van der Waals surface area contributed by atoms with Crippen LogP contribution in [0.4, 0.5) is 13.2 Å². The lowest BCUT2D eigenvalue weighted by atomic mass is 10.1. The molecule has 0 bridgehead atoms. The Morgan fingerprint density at radius 3 is 2.40 bits per heavy atom. The van der Waals surface area contributed by atoms with Gasteiger partial charge in [-0.05, 0) is 31.2 Å². The van der Waals surface area contributed by atoms with Crippen LogP contribution in [-0.2, 0) is 23.3 Å². The van der Waals surface area contributed by atoms with Crippen LogP contribution in [0.25, 0.3) is 0 Å². The quantitative estimate of drug-likeness (QED) is 0.644. The molecule has 9 nitrogen and oxygen atoms in total. The maximum atomic E-state index is 12.6. The highest BCUT2D eigenvalue weighted by atomic mass is 32.2. The second-order valence-electron chi connectivity index (χ2n) is 6.52. The summed E-state index contributed by atoms with van der Waals surface area (Å²) in [7, 11) is -2.52. The Bertz CT molecular complexity index is 1070. The van der Waals surface area contributed by atoms with Crippen molar-refractivity contribution in [3.8, 4) is 17.7 Å². The number of carbonyl (C=O) groups excluding carboxylic acids is 1. The number of benzene rings is 1. The van der Waals surface area contributed by atoms with Crippen molar-refractivity contribution < 1.29 is 35.3 Å². The summed E-state index contributed by atoms with van der Waals surface area (Å²) < 4.78 is 71.6. The summed E-state index contributed by atoms with van der Waals surface area (Å²) in [5, 5.41) is 15.5. The minimum Gasteiger partial charge on any atom is -0.490 e. The molecule has 1 aromatic carbocycles. The van der Waals surface area contributed by atoms with E-state index in [1.54, 1.807) is 0 Å². The highest BCUT2D eigenvalue weighted by Gasteiger charge is 2.32. The van der Waals surface area contributed by atoms with E-state index >= 15 is 0 Å². The third-order valence-corrected chi connectivity index (χ3v) is 4.08. The van der Waals surface area contributed by atoms with Crippen LogP contribution in [0.1, 0.15) is 22.8 Å². The molecule has 162 valence electrons. The van der Waals surface area contributed by atoms with E-state index in [-0.39, 0.29) is 11.3 Å². The van der Waals surface area contributed by atoms with E-state index in [1.165, 1.54) is 20.2 Å². The largest absolute Gasteiger partial charge is 0.490 e. The molecular formula is C17H17F3N4O5S. The SMILES string of the molecule is Cn1cc(C(=O)NC(C)(C#N)COc2ccc(C(F)(F)F)cc2)c(OS(C)(=O)=O)n1. The summed E-state index contributed by atoms with van der Waals surface area (Å²) in [6, 6.07) is 5.65. The molecule has 0 aliphatic heterocycles. The number of aromatic nitrogens is 2. The third kappa shape index (κ3) is 6.11. The fraction of sp³-hybridized carbons (Fsp3) is 0.353. The topological polar surface area (TPSA) is 123 Å². The number of hydrogen-bond acceptors (Lipinski definition) is 7. The fourth-order valence-electron chi connectivity index (χ4n) is 2.21. The van der Waals surface area contributed by atoms with Gasteiger partial charge in [0.2, 0.25) is 0 Å². The molecule has 1 amide bonds. The first-order valence-electron chi connectivity index (χ1n) is 8.19. The minimum atomic E-state index is -4.50. The van der Waals surface area contributed by atoms with Gasteiger partial charge in [0.1, 0.15) is 17.9 Å². The molecule has 1 N–H and O–H groups in total. The second-order valence-corrected chi connectivity index (χ2v) is 8.09. The average molecular weight is 446 g/mol. The average Bonchev–Trinajstić information content (AvgIpc) is 2.98. The molecular weight excluding hydrogens is 429 g/mol. The summed E-state index contributed by atoms with van der Waals surface area (Å²) in [6.45, 7) is 0.922. The normalized spacial score (nSPS) is 13.8. The zero-order valence-corrected chi connectivity index (χ0v) is 16.8. The van der Waals surface area contributed by atoms with E-state index in [4.69, 9.17) is 4.74 Å². The lowest BCUT2D eigenvalue weighted by Crippen LogP contribution is -2.49. The van der Waals surface area contributed by atoms with E-state index in [0.717, 1.165) is 35.2 Å². The molecule has 2 aromatic rings. The van der Waals surface area contributed by atoms with Crippen molar-refractivity contribution in [3.63, 3.8) is 0 Å². The number of hydrogen-bond donors (Lipinski definition) is 1. The van der Waals surface area contributed by atoms with Gasteiger partial charge < -0.3 is 14.2 Å². The van der Waals surface area contributed by atoms with Crippen LogP contribution in [0.15, 0.2) is 30.5 Å². The van der Waals surface area contributed by atoms with Crippen LogP contribution >= 0.6 is 0 Å². The van der Waals surface area contributed by atoms with Gasteiger partial charge in [-0.3, -0.25) is 9.48 Å². The van der Waals surface area contributed by atoms with Gasteiger partial charge in [0, 0.05) is 13.2 Å². The van der Waals surface area contributed by atoms with Crippen molar-refractivity contribution in [1.82, 2.24) is 15.1 Å². The molecule has 0 saturated heterocycles. The van der Waals surface area contributed by atoms with Gasteiger partial charge in [-0.25, -0.2) is 0 Å². The van der Waals surface area contributed by atoms with Crippen molar-refractivity contribution >= 4 is 16.0 Å². The number of carbonyl (C=O) groups is 1. The molecule has 1 unspecified atom stereocenters. The van der Waals surface area contributed by atoms with Crippen LogP contribution in [0.3, 0.4) is 0 Å². The lowest BCUT2D eigenvalue weighted by molar-refractivity contribution is -0.137. The summed E-state index contributed by atoms with van der Waals surface area (Å²) in [5.41, 5.74) is -2.70. The molecule has 0 aliphatic rings. The Morgan fingerprint density at radius 1 is 1.30 bits per heavy atom. The zero-order valence-electron chi connectivity index (χ0n) is 16.0. The molecule has 0 aliphatic carbocycles. The minimum absolute atomic E-state index is 0.0567. The van der Waals surface area contributed by atoms with E-state index in [0.29, 0.717) is 0 Å². The molecule has 1 aromatic heterocycles. The number of halogens is 3. The molecule has 1 atom stereocenters. The molecule has 13 heteroatoms. The van der Waals surface area contributed by atoms with Gasteiger partial charge in [0.15, 0.2) is 5.54 Å². The first-order chi connectivity index (χ1) is 13.7. The maximum Gasteiger partial charge on any atom is 0.416 e. The number of ether oxygens (including phenoxy) is 1. The van der Waals surface area contributed by atoms with Crippen molar-refractivity contribution in [2.24, 2.45) is 7.05 Å². The molecule has 0 radical (unpaired) electrons. The van der Waals surface area contributed by atoms with E-state index < -0.39 is 45.8 Å². The number of rotatable bonds is 7. The van der Waals surface area contributed by atoms with Gasteiger partial charge >= 0.3 is 16.3 Å². The molecule has 1 heterocycles. The summed E-state index contributed by atoms with van der Waals surface area (Å²) in [4.78, 5) is 12.5. The van der Waals surface area contributed by atoms with Gasteiger partial charge in [-0.2, -0.15) is 26.9 Å². The zero-order chi connectivity index (χ0) is 22.7. The predicted octanol–water partition coefficient (Wildman–Crippen LogP) is 1.87. The van der Waals surface area contributed by atoms with Crippen LogP contribution in [0.2, 0.25) is 0 Å². The molecule has 0 saturated carbocycles. The van der Waals surface area contributed by atoms with Crippen molar-refractivity contribution in [2.75, 3.05) is 12.9 Å². The standard InChI is InChI=1S/C17H17F3N4O5S/c1-16(9-21,10-28-12-6-4-11(5-7-12)17(18,19)20)22-14(25)13-8-24(2)23-15(13)29-30(3,26)27/h4-8H,10H2,1-3H3,(H,22,25). The summed E-state index contributed by atoms with van der Waals surface area (Å²) >= 11 is 0. The fourth-order valence-corrected chi connectivity index (χ4v) is 2.62. The Balaban J connectivity index is 2.12. The maximum absolute atomic E-state index is 12.6. The first kappa shape index (κ1) is 23.0. The van der Waals surface area contributed by atoms with E-state index in [9.17, 15) is 31.6 Å². The van der Waals surface area contributed by atoms with Gasteiger partial charge in [0.05, 0.1) is 17.9 Å². The van der Waals surface area contributed by atoms with E-state index in [2.05, 4.69) is 14.6 Å². The summed E-state index contributed by atoms with van der Waals surface area (Å²) in [6.07, 6.45) is -2.52. The lowest BCUT2D eigenvalue weighted by Gasteiger charge is -2.23. The monoisotopic (exact) mass is 446 g/mol. The highest BCUT2D eigenvalue weighted by molar-refractivity contribution is 7.86. The van der Waals surface area contributed by atoms with Crippen LogP contribution < -0.4 is 14.2 Å². The smallest absolute Gasteiger partial charge is 0.416 e. The number of aryl methyl sites for hydroxylation is 1. The van der Waals surface area contributed by atoms with Crippen molar-refractivity contribution in [1.29, 1.82) is 5.26 Å². The van der Waals surface area contributed by atoms with Crippen molar-refractivity contribution in [2.45, 2.75) is 18.6 Å². The van der Waals surface area contributed by atoms with Crippen LogP contribution in [0.5, 0.6) is 11.6 Å². The van der Waals surface area contributed by atoms with E-state index in [1.807, 2.05) is 6.07 Å². The Labute approximate surface area is 170 Å². The third-order valence-electron chi connectivity index (χ3n) is 3.62. The Hall–Kier alpha value is -3.27. The first-order valence-corrected chi connectivity index (χ1v) is 10.0. The number of nitriles is 1. The molecule has 0 fully saturated rings. The Morgan fingerprint density at radius 2 is 1.90 bits per heavy atom. The van der Waals surface area contributed by atoms with Gasteiger partial charge in [0.25, 0.3) is 11.8 Å². The molecule has 2 rings (SSSR count). The van der Waals surface area contributed by atoms with Gasteiger partial charge in [-0.1, -0.05) is 0 Å². The summed E-state index contributed by atoms with van der Waals surface area (Å²) in [5.74, 6) is -1.27. The number of amides is 1. The predicted molar refractivity (Wildman–Crippen MR) is 97.1 cm³/mol.